The molecule has 1 nitrogen and oxygen atoms in total. The minimum Gasteiger partial charge on any atom is -0.306 e. The molecule has 0 aromatic heterocycles. The van der Waals surface area contributed by atoms with Gasteiger partial charge in [-0.15, -0.1) is 0 Å². The highest BCUT2D eigenvalue weighted by Gasteiger charge is 2.54. The Bertz CT molecular complexity index is 114. The molecule has 2 aliphatic rings. The highest BCUT2D eigenvalue weighted by atomic mass is 19.1. The van der Waals surface area contributed by atoms with Crippen molar-refractivity contribution in [3.8, 4) is 0 Å². The van der Waals surface area contributed by atoms with Gasteiger partial charge < -0.3 is 4.90 Å². The molecular weight excluding hydrogens is 117 g/mol. The predicted molar refractivity (Wildman–Crippen MR) is 33.9 cm³/mol. The van der Waals surface area contributed by atoms with Gasteiger partial charge in [0.15, 0.2) is 0 Å². The van der Waals surface area contributed by atoms with Gasteiger partial charge in [0.1, 0.15) is 0 Å². The number of halogens is 1. The van der Waals surface area contributed by atoms with Gasteiger partial charge in [-0.1, -0.05) is 0 Å². The van der Waals surface area contributed by atoms with E-state index >= 15 is 0 Å². The molecule has 9 heavy (non-hydrogen) atoms. The second kappa shape index (κ2) is 1.69. The summed E-state index contributed by atoms with van der Waals surface area (Å²) in [5, 5.41) is 0. The number of nitrogens with zero attached hydrogens (tertiary/aromatic N) is 1. The van der Waals surface area contributed by atoms with Crippen molar-refractivity contribution in [1.29, 1.82) is 0 Å². The Morgan fingerprint density at radius 2 is 2.00 bits per heavy atom. The van der Waals surface area contributed by atoms with Crippen LogP contribution < -0.4 is 0 Å². The lowest BCUT2D eigenvalue weighted by Crippen LogP contribution is -2.19. The highest BCUT2D eigenvalue weighted by Crippen LogP contribution is 2.51. The number of likely N-dealkylation sites (tertiary alicyclic amines) is 1. The molecular formula is C7H12FN. The van der Waals surface area contributed by atoms with E-state index < -0.39 is 0 Å². The zero-order chi connectivity index (χ0) is 6.43. The van der Waals surface area contributed by atoms with E-state index in [2.05, 4.69) is 11.9 Å². The summed E-state index contributed by atoms with van der Waals surface area (Å²) >= 11 is 0. The predicted octanol–water partition coefficient (Wildman–Crippen LogP) is 0.763. The van der Waals surface area contributed by atoms with E-state index in [0.717, 1.165) is 24.9 Å². The monoisotopic (exact) mass is 129 g/mol. The molecule has 2 unspecified atom stereocenters. The largest absolute Gasteiger partial charge is 0.306 e. The average Bonchev–Trinajstić information content (AvgIpc) is 2.30. The third-order valence-electron chi connectivity index (χ3n) is 2.73. The number of rotatable bonds is 1. The summed E-state index contributed by atoms with van der Waals surface area (Å²) in [5.74, 6) is 1.89. The maximum atomic E-state index is 12.0. The second-order valence-corrected chi connectivity index (χ2v) is 3.37. The summed E-state index contributed by atoms with van der Waals surface area (Å²) in [5.41, 5.74) is 0. The van der Waals surface area contributed by atoms with Crippen LogP contribution in [0.3, 0.4) is 0 Å². The van der Waals surface area contributed by atoms with Crippen molar-refractivity contribution < 1.29 is 4.39 Å². The Kier molecular flexibility index (Phi) is 1.06. The van der Waals surface area contributed by atoms with E-state index in [1.54, 1.807) is 0 Å². The van der Waals surface area contributed by atoms with Gasteiger partial charge in [-0.25, -0.2) is 0 Å². The molecule has 0 aromatic rings. The van der Waals surface area contributed by atoms with Crippen molar-refractivity contribution in [2.75, 3.05) is 26.8 Å². The van der Waals surface area contributed by atoms with Gasteiger partial charge in [0.25, 0.3) is 0 Å². The molecule has 0 N–H and O–H groups in total. The van der Waals surface area contributed by atoms with Crippen molar-refractivity contribution in [3.63, 3.8) is 0 Å². The molecule has 0 amide bonds. The third-order valence-corrected chi connectivity index (χ3v) is 2.73. The van der Waals surface area contributed by atoms with Crippen LogP contribution in [0.5, 0.6) is 0 Å². The lowest BCUT2D eigenvalue weighted by Gasteiger charge is -2.10. The van der Waals surface area contributed by atoms with Crippen LogP contribution in [0.4, 0.5) is 4.39 Å². The van der Waals surface area contributed by atoms with Crippen LogP contribution in [-0.4, -0.2) is 31.7 Å². The summed E-state index contributed by atoms with van der Waals surface area (Å²) in [6, 6.07) is 0. The first kappa shape index (κ1) is 5.66. The number of alkyl halides is 1. The van der Waals surface area contributed by atoms with E-state index in [0.29, 0.717) is 5.92 Å². The topological polar surface area (TPSA) is 3.24 Å². The SMILES string of the molecule is CN1CC2C(CF)C2C1. The summed E-state index contributed by atoms with van der Waals surface area (Å²) in [6.07, 6.45) is 0. The fraction of sp³-hybridized carbons (Fsp3) is 1.00. The van der Waals surface area contributed by atoms with Crippen molar-refractivity contribution in [2.24, 2.45) is 17.8 Å². The molecule has 0 bridgehead atoms. The van der Waals surface area contributed by atoms with Gasteiger partial charge in [-0.2, -0.15) is 0 Å². The van der Waals surface area contributed by atoms with Crippen LogP contribution >= 0.6 is 0 Å². The zero-order valence-electron chi connectivity index (χ0n) is 5.68. The Morgan fingerprint density at radius 3 is 2.44 bits per heavy atom. The van der Waals surface area contributed by atoms with Gasteiger partial charge in [-0.3, -0.25) is 4.39 Å². The molecule has 2 rings (SSSR count). The number of hydrogen-bond donors (Lipinski definition) is 0. The van der Waals surface area contributed by atoms with Crippen LogP contribution in [0.1, 0.15) is 0 Å². The molecule has 52 valence electrons. The Balaban J connectivity index is 1.91. The lowest BCUT2D eigenvalue weighted by molar-refractivity contribution is 0.315. The molecule has 1 aliphatic heterocycles. The number of fused-ring (bicyclic) bond motifs is 1. The third kappa shape index (κ3) is 0.692. The molecule has 2 fully saturated rings. The van der Waals surface area contributed by atoms with Crippen LogP contribution in [-0.2, 0) is 0 Å². The van der Waals surface area contributed by atoms with Gasteiger partial charge in [0.2, 0.25) is 0 Å². The summed E-state index contributed by atoms with van der Waals surface area (Å²) in [7, 11) is 2.11. The van der Waals surface area contributed by atoms with E-state index in [1.807, 2.05) is 0 Å². The van der Waals surface area contributed by atoms with E-state index in [4.69, 9.17) is 0 Å². The molecule has 0 radical (unpaired) electrons. The summed E-state index contributed by atoms with van der Waals surface area (Å²) in [4.78, 5) is 2.29. The normalized spacial score (nSPS) is 49.3. The molecule has 2 heteroatoms. The van der Waals surface area contributed by atoms with Gasteiger partial charge in [0, 0.05) is 13.1 Å². The Morgan fingerprint density at radius 1 is 1.44 bits per heavy atom. The zero-order valence-corrected chi connectivity index (χ0v) is 5.68. The standard InChI is InChI=1S/C7H12FN/c1-9-3-6-5(2-8)7(6)4-9/h5-7H,2-4H2,1H3. The molecule has 1 aliphatic carbocycles. The number of hydrogen-bond acceptors (Lipinski definition) is 1. The molecule has 1 saturated carbocycles. The summed E-state index contributed by atoms with van der Waals surface area (Å²) in [6.45, 7) is 2.20. The quantitative estimate of drug-likeness (QED) is 0.505. The van der Waals surface area contributed by atoms with Crippen molar-refractivity contribution in [3.05, 3.63) is 0 Å². The molecule has 0 aromatic carbocycles. The lowest BCUT2D eigenvalue weighted by atomic mass is 10.3. The first-order chi connectivity index (χ1) is 4.33. The summed E-state index contributed by atoms with van der Waals surface area (Å²) < 4.78 is 12.0. The maximum absolute atomic E-state index is 12.0. The van der Waals surface area contributed by atoms with Crippen molar-refractivity contribution >= 4 is 0 Å². The van der Waals surface area contributed by atoms with E-state index in [1.165, 1.54) is 0 Å². The maximum Gasteiger partial charge on any atom is 0.0929 e. The first-order valence-electron chi connectivity index (χ1n) is 3.57. The van der Waals surface area contributed by atoms with Crippen LogP contribution in [0.2, 0.25) is 0 Å². The molecule has 2 atom stereocenters. The van der Waals surface area contributed by atoms with E-state index in [-0.39, 0.29) is 6.67 Å². The average molecular weight is 129 g/mol. The fourth-order valence-corrected chi connectivity index (χ4v) is 2.09. The fourth-order valence-electron chi connectivity index (χ4n) is 2.09. The van der Waals surface area contributed by atoms with Gasteiger partial charge in [-0.05, 0) is 24.8 Å². The molecule has 1 saturated heterocycles. The minimum absolute atomic E-state index is 0.0802. The molecule has 0 spiro atoms. The van der Waals surface area contributed by atoms with Crippen LogP contribution in [0.25, 0.3) is 0 Å². The van der Waals surface area contributed by atoms with Crippen LogP contribution in [0.15, 0.2) is 0 Å². The first-order valence-corrected chi connectivity index (χ1v) is 3.57. The Labute approximate surface area is 54.8 Å². The highest BCUT2D eigenvalue weighted by molar-refractivity contribution is 5.03. The minimum atomic E-state index is -0.0802. The molecule has 1 heterocycles. The van der Waals surface area contributed by atoms with Crippen molar-refractivity contribution in [1.82, 2.24) is 4.90 Å². The smallest absolute Gasteiger partial charge is 0.0929 e. The van der Waals surface area contributed by atoms with Gasteiger partial charge >= 0.3 is 0 Å². The second-order valence-electron chi connectivity index (χ2n) is 3.37. The number of piperidine rings is 1. The van der Waals surface area contributed by atoms with Gasteiger partial charge in [0.05, 0.1) is 6.67 Å². The Hall–Kier alpha value is -0.110. The van der Waals surface area contributed by atoms with Crippen LogP contribution in [0, 0.1) is 17.8 Å². The van der Waals surface area contributed by atoms with E-state index in [9.17, 15) is 4.39 Å². The van der Waals surface area contributed by atoms with Crippen molar-refractivity contribution in [2.45, 2.75) is 0 Å².